The lowest BCUT2D eigenvalue weighted by atomic mass is 10.0. The normalized spacial score (nSPS) is 13.8. The third kappa shape index (κ3) is 42.0. The number of carbonyl (C=O) groups excluding carboxylic acids is 1. The number of unbranched alkanes of at least 4 members (excludes halogenated alkanes) is 31. The van der Waals surface area contributed by atoms with Crippen molar-refractivity contribution < 1.29 is 20.1 Å². The smallest absolute Gasteiger partial charge is 0.222 e. The van der Waals surface area contributed by atoms with E-state index in [-0.39, 0.29) is 18.9 Å². The molecule has 5 heteroatoms. The number of rotatable bonds is 44. The maximum atomic E-state index is 12.5. The van der Waals surface area contributed by atoms with Crippen LogP contribution in [0.25, 0.3) is 0 Å². The Morgan fingerprint density at radius 2 is 0.782 bits per heavy atom. The molecule has 0 aromatic heterocycles. The van der Waals surface area contributed by atoms with E-state index < -0.39 is 18.2 Å². The van der Waals surface area contributed by atoms with Crippen molar-refractivity contribution in [1.82, 2.24) is 5.32 Å². The first-order valence-electron chi connectivity index (χ1n) is 24.3. The summed E-state index contributed by atoms with van der Waals surface area (Å²) in [6.45, 7) is 4.20. The molecule has 1 amide bonds. The average Bonchev–Trinajstić information content (AvgIpc) is 3.18. The van der Waals surface area contributed by atoms with Gasteiger partial charge in [-0.1, -0.05) is 237 Å². The van der Waals surface area contributed by atoms with E-state index >= 15 is 0 Å². The molecule has 324 valence electrons. The van der Waals surface area contributed by atoms with Crippen molar-refractivity contribution in [3.63, 3.8) is 0 Å². The van der Waals surface area contributed by atoms with Gasteiger partial charge in [0, 0.05) is 0 Å². The molecule has 0 fully saturated rings. The second-order valence-electron chi connectivity index (χ2n) is 16.7. The fraction of sp³-hybridized carbons (Fsp3) is 0.860. The number of allylic oxidation sites excluding steroid dienone is 5. The van der Waals surface area contributed by atoms with E-state index in [9.17, 15) is 20.1 Å². The Kier molecular flexibility index (Phi) is 44.1. The maximum Gasteiger partial charge on any atom is 0.222 e. The number of hydrogen-bond acceptors (Lipinski definition) is 4. The van der Waals surface area contributed by atoms with Gasteiger partial charge >= 0.3 is 0 Å². The lowest BCUT2D eigenvalue weighted by Gasteiger charge is -2.21. The van der Waals surface area contributed by atoms with Crippen molar-refractivity contribution in [2.75, 3.05) is 6.61 Å². The van der Waals surface area contributed by atoms with Crippen LogP contribution in [0.2, 0.25) is 0 Å². The SMILES string of the molecule is CCCCCCCC/C=C/CC/C=C/CC/C=C/C(O)C(CO)NC(=O)CC(O)CCCCCCCCCCCCCCCCCCCCCCCCCC. The number of aliphatic hydroxyl groups excluding tert-OH is 3. The van der Waals surface area contributed by atoms with E-state index in [1.807, 2.05) is 6.08 Å². The van der Waals surface area contributed by atoms with Gasteiger partial charge in [-0.05, 0) is 44.9 Å². The molecule has 3 unspecified atom stereocenters. The van der Waals surface area contributed by atoms with E-state index in [0.29, 0.717) is 6.42 Å². The molecule has 0 saturated carbocycles. The van der Waals surface area contributed by atoms with Gasteiger partial charge in [-0.25, -0.2) is 0 Å². The van der Waals surface area contributed by atoms with Gasteiger partial charge in [0.15, 0.2) is 0 Å². The van der Waals surface area contributed by atoms with Crippen molar-refractivity contribution >= 4 is 5.91 Å². The van der Waals surface area contributed by atoms with Crippen LogP contribution >= 0.6 is 0 Å². The zero-order valence-electron chi connectivity index (χ0n) is 36.8. The van der Waals surface area contributed by atoms with Gasteiger partial charge in [0.1, 0.15) is 0 Å². The Hall–Kier alpha value is -1.43. The first-order chi connectivity index (χ1) is 27.0. The zero-order valence-corrected chi connectivity index (χ0v) is 36.8. The monoisotopic (exact) mass is 774 g/mol. The van der Waals surface area contributed by atoms with Gasteiger partial charge in [0.2, 0.25) is 5.91 Å². The van der Waals surface area contributed by atoms with Crippen molar-refractivity contribution in [3.8, 4) is 0 Å². The van der Waals surface area contributed by atoms with Crippen LogP contribution in [0, 0.1) is 0 Å². The highest BCUT2D eigenvalue weighted by Gasteiger charge is 2.20. The quantitative estimate of drug-likeness (QED) is 0.0367. The van der Waals surface area contributed by atoms with Crippen LogP contribution < -0.4 is 5.32 Å². The number of amides is 1. The summed E-state index contributed by atoms with van der Waals surface area (Å²) in [5, 5.41) is 33.3. The number of nitrogens with one attached hydrogen (secondary N) is 1. The minimum Gasteiger partial charge on any atom is -0.394 e. The van der Waals surface area contributed by atoms with Gasteiger partial charge in [-0.3, -0.25) is 4.79 Å². The van der Waals surface area contributed by atoms with Crippen molar-refractivity contribution in [2.24, 2.45) is 0 Å². The van der Waals surface area contributed by atoms with Gasteiger partial charge < -0.3 is 20.6 Å². The Labute approximate surface area is 343 Å². The summed E-state index contributed by atoms with van der Waals surface area (Å²) in [7, 11) is 0. The van der Waals surface area contributed by atoms with Crippen LogP contribution in [0.1, 0.15) is 251 Å². The summed E-state index contributed by atoms with van der Waals surface area (Å²) in [5.74, 6) is -0.327. The van der Waals surface area contributed by atoms with E-state index in [2.05, 4.69) is 43.5 Å². The Balaban J connectivity index is 3.62. The second-order valence-corrected chi connectivity index (χ2v) is 16.7. The summed E-state index contributed by atoms with van der Waals surface area (Å²) in [6, 6.07) is -0.765. The molecule has 0 aliphatic heterocycles. The summed E-state index contributed by atoms with van der Waals surface area (Å²) in [4.78, 5) is 12.5. The van der Waals surface area contributed by atoms with E-state index in [1.165, 1.54) is 186 Å². The lowest BCUT2D eigenvalue weighted by Crippen LogP contribution is -2.45. The minimum atomic E-state index is -0.958. The molecule has 0 saturated heterocycles. The first-order valence-corrected chi connectivity index (χ1v) is 24.3. The number of carbonyl (C=O) groups is 1. The standard InChI is InChI=1S/C50H95NO4/c1-3-5-7-9-11-13-15-17-19-21-22-23-24-25-26-27-28-29-31-33-35-37-39-41-43-47(53)45-50(55)51-48(46-52)49(54)44-42-40-38-36-34-32-30-20-18-16-14-12-10-8-6-4-2/h18,20,34,36,42,44,47-49,52-54H,3-17,19,21-33,35,37-41,43,45-46H2,1-2H3,(H,51,55)/b20-18+,36-34+,44-42+. The van der Waals surface area contributed by atoms with E-state index in [1.54, 1.807) is 6.08 Å². The summed E-state index contributed by atoms with van der Waals surface area (Å²) in [5.41, 5.74) is 0. The fourth-order valence-electron chi connectivity index (χ4n) is 7.43. The highest BCUT2D eigenvalue weighted by molar-refractivity contribution is 5.76. The molecule has 0 aromatic rings. The second kappa shape index (κ2) is 45.3. The molecule has 4 N–H and O–H groups in total. The molecule has 0 bridgehead atoms. The molecular formula is C50H95NO4. The van der Waals surface area contributed by atoms with Crippen LogP contribution in [0.5, 0.6) is 0 Å². The van der Waals surface area contributed by atoms with Crippen LogP contribution in [0.3, 0.4) is 0 Å². The highest BCUT2D eigenvalue weighted by atomic mass is 16.3. The third-order valence-corrected chi connectivity index (χ3v) is 11.2. The van der Waals surface area contributed by atoms with Crippen LogP contribution in [0.15, 0.2) is 36.5 Å². The molecule has 0 aliphatic carbocycles. The molecule has 0 heterocycles. The molecule has 0 rings (SSSR count). The van der Waals surface area contributed by atoms with Crippen LogP contribution in [-0.2, 0) is 4.79 Å². The van der Waals surface area contributed by atoms with Crippen LogP contribution in [-0.4, -0.2) is 46.1 Å². The van der Waals surface area contributed by atoms with Gasteiger partial charge in [-0.15, -0.1) is 0 Å². The molecule has 0 spiro atoms. The van der Waals surface area contributed by atoms with Gasteiger partial charge in [0.25, 0.3) is 0 Å². The lowest BCUT2D eigenvalue weighted by molar-refractivity contribution is -0.124. The molecule has 0 aromatic carbocycles. The molecular weight excluding hydrogens is 679 g/mol. The number of hydrogen-bond donors (Lipinski definition) is 4. The maximum absolute atomic E-state index is 12.5. The minimum absolute atomic E-state index is 0.00528. The van der Waals surface area contributed by atoms with Crippen molar-refractivity contribution in [3.05, 3.63) is 36.5 Å². The summed E-state index contributed by atoms with van der Waals surface area (Å²) in [6.07, 6.45) is 57.3. The largest absolute Gasteiger partial charge is 0.394 e. The summed E-state index contributed by atoms with van der Waals surface area (Å²) < 4.78 is 0. The van der Waals surface area contributed by atoms with Crippen LogP contribution in [0.4, 0.5) is 0 Å². The molecule has 3 atom stereocenters. The molecule has 55 heavy (non-hydrogen) atoms. The van der Waals surface area contributed by atoms with Gasteiger partial charge in [-0.2, -0.15) is 0 Å². The van der Waals surface area contributed by atoms with E-state index in [4.69, 9.17) is 0 Å². The first kappa shape index (κ1) is 53.6. The Morgan fingerprint density at radius 1 is 0.455 bits per heavy atom. The van der Waals surface area contributed by atoms with E-state index in [0.717, 1.165) is 38.5 Å². The van der Waals surface area contributed by atoms with Crippen molar-refractivity contribution in [1.29, 1.82) is 0 Å². The number of aliphatic hydroxyl groups is 3. The molecule has 5 nitrogen and oxygen atoms in total. The Bertz CT molecular complexity index is 855. The predicted molar refractivity (Wildman–Crippen MR) is 241 cm³/mol. The Morgan fingerprint density at radius 3 is 1.16 bits per heavy atom. The zero-order chi connectivity index (χ0) is 40.1. The fourth-order valence-corrected chi connectivity index (χ4v) is 7.43. The molecule has 0 radical (unpaired) electrons. The topological polar surface area (TPSA) is 89.8 Å². The molecule has 0 aliphatic rings. The van der Waals surface area contributed by atoms with Gasteiger partial charge in [0.05, 0.1) is 31.3 Å². The third-order valence-electron chi connectivity index (χ3n) is 11.2. The highest BCUT2D eigenvalue weighted by Crippen LogP contribution is 2.16. The predicted octanol–water partition coefficient (Wildman–Crippen LogP) is 14.3. The average molecular weight is 774 g/mol. The van der Waals surface area contributed by atoms with Crippen molar-refractivity contribution in [2.45, 2.75) is 270 Å². The summed E-state index contributed by atoms with van der Waals surface area (Å²) >= 11 is 0.